The van der Waals surface area contributed by atoms with Gasteiger partial charge < -0.3 is 30.1 Å². The fraction of sp³-hybridized carbons (Fsp3) is 0.490. The van der Waals surface area contributed by atoms with Crippen molar-refractivity contribution in [2.24, 2.45) is 5.92 Å². The van der Waals surface area contributed by atoms with Crippen molar-refractivity contribution in [2.45, 2.75) is 114 Å². The van der Waals surface area contributed by atoms with Crippen molar-refractivity contribution < 1.29 is 19.5 Å². The number of aromatic nitrogens is 1. The number of benzene rings is 3. The van der Waals surface area contributed by atoms with Crippen molar-refractivity contribution in [1.29, 1.82) is 0 Å². The lowest BCUT2D eigenvalue weighted by Gasteiger charge is -2.38. The van der Waals surface area contributed by atoms with Crippen LogP contribution in [0.4, 0.5) is 5.69 Å². The van der Waals surface area contributed by atoms with Crippen molar-refractivity contribution >= 4 is 40.4 Å². The van der Waals surface area contributed by atoms with Crippen LogP contribution in [0.2, 0.25) is 0 Å². The van der Waals surface area contributed by atoms with Gasteiger partial charge >= 0.3 is 5.97 Å². The average Bonchev–Trinajstić information content (AvgIpc) is 4.01. The molecule has 2 saturated heterocycles. The SMILES string of the molecule is O=C(O)/C=C/c1ccc(NCC2(NC(=O)c3ccc4c(C5CCCCC5)c5n(c4c3)CC(C(=O)N3CCC(N4CCCC4)CC3)Cc3ccccc3-5)CCCC2)cc1. The van der Waals surface area contributed by atoms with Crippen molar-refractivity contribution in [3.63, 3.8) is 0 Å². The number of carbonyl (C=O) groups is 3. The van der Waals surface area contributed by atoms with Crippen LogP contribution in [0, 0.1) is 5.92 Å². The molecule has 58 heavy (non-hydrogen) atoms. The summed E-state index contributed by atoms with van der Waals surface area (Å²) in [6, 6.07) is 23.4. The topological polar surface area (TPSA) is 107 Å². The van der Waals surface area contributed by atoms with Crippen LogP contribution in [0.5, 0.6) is 0 Å². The maximum atomic E-state index is 14.6. The zero-order chi connectivity index (χ0) is 39.6. The number of likely N-dealkylation sites (tertiary alicyclic amines) is 2. The lowest BCUT2D eigenvalue weighted by atomic mass is 9.81. The number of amides is 2. The monoisotopic (exact) mass is 781 g/mol. The molecule has 3 aromatic carbocycles. The maximum Gasteiger partial charge on any atom is 0.328 e. The van der Waals surface area contributed by atoms with E-state index in [9.17, 15) is 14.4 Å². The van der Waals surface area contributed by atoms with Crippen LogP contribution in [0.25, 0.3) is 28.2 Å². The van der Waals surface area contributed by atoms with Gasteiger partial charge in [0, 0.05) is 66.0 Å². The number of carbonyl (C=O) groups excluding carboxylic acids is 2. The minimum atomic E-state index is -0.972. The Kier molecular flexibility index (Phi) is 11.2. The third kappa shape index (κ3) is 7.94. The highest BCUT2D eigenvalue weighted by atomic mass is 16.4. The lowest BCUT2D eigenvalue weighted by Crippen LogP contribution is -2.51. The summed E-state index contributed by atoms with van der Waals surface area (Å²) in [6.45, 7) is 5.29. The number of fused-ring (bicyclic) bond motifs is 5. The van der Waals surface area contributed by atoms with Gasteiger partial charge in [-0.05, 0) is 124 Å². The number of carboxylic acids is 1. The number of anilines is 1. The molecule has 3 aliphatic heterocycles. The Hall–Kier alpha value is -4.89. The highest BCUT2D eigenvalue weighted by molar-refractivity contribution is 6.01. The zero-order valence-corrected chi connectivity index (χ0v) is 33.9. The van der Waals surface area contributed by atoms with Gasteiger partial charge in [-0.3, -0.25) is 9.59 Å². The van der Waals surface area contributed by atoms with Gasteiger partial charge in [-0.1, -0.05) is 74.6 Å². The van der Waals surface area contributed by atoms with Crippen LogP contribution in [0.15, 0.2) is 72.8 Å². The second-order valence-corrected chi connectivity index (χ2v) is 17.9. The van der Waals surface area contributed by atoms with Crippen molar-refractivity contribution in [1.82, 2.24) is 19.7 Å². The van der Waals surface area contributed by atoms with E-state index in [1.165, 1.54) is 85.8 Å². The number of rotatable bonds is 10. The molecular formula is C49H59N5O4. The Morgan fingerprint density at radius 3 is 2.29 bits per heavy atom. The first-order valence-corrected chi connectivity index (χ1v) is 22.2. The molecule has 1 aromatic heterocycles. The summed E-state index contributed by atoms with van der Waals surface area (Å²) in [5, 5.41) is 17.3. The van der Waals surface area contributed by atoms with Gasteiger partial charge in [0.15, 0.2) is 0 Å². The van der Waals surface area contributed by atoms with E-state index in [4.69, 9.17) is 5.11 Å². The van der Waals surface area contributed by atoms with Gasteiger partial charge in [0.1, 0.15) is 0 Å². The first kappa shape index (κ1) is 38.6. The highest BCUT2D eigenvalue weighted by Gasteiger charge is 2.38. The molecule has 0 bridgehead atoms. The van der Waals surface area contributed by atoms with E-state index >= 15 is 0 Å². The second kappa shape index (κ2) is 16.8. The smallest absolute Gasteiger partial charge is 0.328 e. The fourth-order valence-electron chi connectivity index (χ4n) is 11.1. The fourth-order valence-corrected chi connectivity index (χ4v) is 11.1. The van der Waals surface area contributed by atoms with Crippen molar-refractivity contribution in [3.05, 3.63) is 95.1 Å². The van der Waals surface area contributed by atoms with Gasteiger partial charge in [0.2, 0.25) is 5.91 Å². The third-order valence-electron chi connectivity index (χ3n) is 14.2. The van der Waals surface area contributed by atoms with Gasteiger partial charge in [0.05, 0.1) is 17.2 Å². The molecule has 4 heterocycles. The van der Waals surface area contributed by atoms with Crippen LogP contribution in [-0.2, 0) is 22.6 Å². The molecule has 2 saturated carbocycles. The summed E-state index contributed by atoms with van der Waals surface area (Å²) < 4.78 is 2.45. The van der Waals surface area contributed by atoms with Crippen molar-refractivity contribution in [2.75, 3.05) is 38.0 Å². The van der Waals surface area contributed by atoms with Crippen LogP contribution >= 0.6 is 0 Å². The Morgan fingerprint density at radius 2 is 1.55 bits per heavy atom. The first-order chi connectivity index (χ1) is 28.3. The van der Waals surface area contributed by atoms with E-state index in [-0.39, 0.29) is 23.3 Å². The Morgan fingerprint density at radius 1 is 0.810 bits per heavy atom. The minimum Gasteiger partial charge on any atom is -0.478 e. The number of carboxylic acid groups (broad SMARTS) is 1. The average molecular weight is 782 g/mol. The van der Waals surface area contributed by atoms with E-state index in [0.29, 0.717) is 30.6 Å². The van der Waals surface area contributed by atoms with Crippen molar-refractivity contribution in [3.8, 4) is 11.3 Å². The summed E-state index contributed by atoms with van der Waals surface area (Å²) in [5.41, 5.74) is 8.28. The molecule has 0 spiro atoms. The number of aliphatic carboxylic acids is 1. The molecule has 304 valence electrons. The predicted octanol–water partition coefficient (Wildman–Crippen LogP) is 8.87. The normalized spacial score (nSPS) is 21.5. The minimum absolute atomic E-state index is 0.0583. The quantitative estimate of drug-likeness (QED) is 0.139. The second-order valence-electron chi connectivity index (χ2n) is 17.9. The first-order valence-electron chi connectivity index (χ1n) is 22.2. The number of nitrogens with zero attached hydrogens (tertiary/aromatic N) is 3. The molecule has 9 nitrogen and oxygen atoms in total. The van der Waals surface area contributed by atoms with E-state index in [1.807, 2.05) is 30.3 Å². The highest BCUT2D eigenvalue weighted by Crippen LogP contribution is 2.47. The molecule has 4 fully saturated rings. The van der Waals surface area contributed by atoms with E-state index in [2.05, 4.69) is 61.4 Å². The number of piperidine rings is 1. The summed E-state index contributed by atoms with van der Waals surface area (Å²) in [7, 11) is 0. The number of hydrogen-bond acceptors (Lipinski definition) is 5. The molecule has 4 aromatic rings. The largest absolute Gasteiger partial charge is 0.478 e. The third-order valence-corrected chi connectivity index (χ3v) is 14.2. The number of hydrogen-bond donors (Lipinski definition) is 3. The summed E-state index contributed by atoms with van der Waals surface area (Å²) in [6.07, 6.45) is 18.2. The van der Waals surface area contributed by atoms with Crippen LogP contribution in [0.1, 0.15) is 116 Å². The lowest BCUT2D eigenvalue weighted by molar-refractivity contribution is -0.137. The molecule has 1 unspecified atom stereocenters. The molecule has 1 atom stereocenters. The molecule has 9 heteroatoms. The molecule has 2 aliphatic carbocycles. The van der Waals surface area contributed by atoms with Crippen LogP contribution in [0.3, 0.4) is 0 Å². The van der Waals surface area contributed by atoms with Gasteiger partial charge in [-0.25, -0.2) is 4.79 Å². The summed E-state index contributed by atoms with van der Waals surface area (Å²) in [5.74, 6) is -0.475. The Labute approximate surface area is 342 Å². The molecule has 0 radical (unpaired) electrons. The van der Waals surface area contributed by atoms with Crippen LogP contribution in [-0.4, -0.2) is 81.6 Å². The Bertz CT molecular complexity index is 2160. The number of nitrogens with one attached hydrogen (secondary N) is 2. The van der Waals surface area contributed by atoms with E-state index in [1.54, 1.807) is 6.08 Å². The molecule has 3 N–H and O–H groups in total. The van der Waals surface area contributed by atoms with Gasteiger partial charge in [0.25, 0.3) is 5.91 Å². The van der Waals surface area contributed by atoms with Crippen LogP contribution < -0.4 is 10.6 Å². The summed E-state index contributed by atoms with van der Waals surface area (Å²) >= 11 is 0. The molecule has 2 amide bonds. The zero-order valence-electron chi connectivity index (χ0n) is 33.9. The van der Waals surface area contributed by atoms with E-state index in [0.717, 1.165) is 80.9 Å². The van der Waals surface area contributed by atoms with Gasteiger partial charge in [-0.2, -0.15) is 0 Å². The standard InChI is InChI=1S/C49H59N5O4/c55-44(56)21-16-34-14-18-39(19-15-34)50-33-49(24-6-7-25-49)51-47(57)37-17-20-42-43(31-37)54-32-38(48(58)53-28-22-40(23-29-53)52-26-8-9-27-52)30-36-12-4-5-13-41(36)46(54)45(42)35-10-2-1-3-11-35/h4-5,12-21,31,35,38,40,50H,1-3,6-11,22-30,32-33H2,(H,51,57)(H,55,56)/b21-16+. The molecule has 5 aliphatic rings. The maximum absolute atomic E-state index is 14.6. The molecule has 9 rings (SSSR count). The summed E-state index contributed by atoms with van der Waals surface area (Å²) in [4.78, 5) is 44.8. The molecular weight excluding hydrogens is 723 g/mol. The van der Waals surface area contributed by atoms with E-state index < -0.39 is 5.97 Å². The van der Waals surface area contributed by atoms with Gasteiger partial charge in [-0.15, -0.1) is 0 Å². The predicted molar refractivity (Wildman–Crippen MR) is 231 cm³/mol. The Balaban J connectivity index is 1.01.